The normalized spacial score (nSPS) is 12.7. The minimum Gasteiger partial charge on any atom is -0.462 e. The molecule has 0 saturated carbocycles. The van der Waals surface area contributed by atoms with Gasteiger partial charge in [-0.25, -0.2) is 9.59 Å². The average molecular weight is 415 g/mol. The Labute approximate surface area is 177 Å². The van der Waals surface area contributed by atoms with E-state index in [1.807, 2.05) is 37.3 Å². The number of hydrogen-bond donors (Lipinski definition) is 2. The van der Waals surface area contributed by atoms with Gasteiger partial charge in [-0.2, -0.15) is 0 Å². The molecule has 7 nitrogen and oxygen atoms in total. The first-order valence-corrected chi connectivity index (χ1v) is 10.2. The lowest BCUT2D eigenvalue weighted by Crippen LogP contribution is -2.41. The summed E-state index contributed by atoms with van der Waals surface area (Å²) in [5.41, 5.74) is 2.63. The minimum absolute atomic E-state index is 0.0660. The topological polar surface area (TPSA) is 97.5 Å². The Morgan fingerprint density at radius 2 is 1.73 bits per heavy atom. The average Bonchev–Trinajstić information content (AvgIpc) is 3.01. The molecule has 7 heteroatoms. The maximum absolute atomic E-state index is 12.5. The van der Waals surface area contributed by atoms with Crippen LogP contribution >= 0.6 is 0 Å². The van der Waals surface area contributed by atoms with Crippen molar-refractivity contribution in [2.75, 3.05) is 6.61 Å². The maximum Gasteiger partial charge on any atom is 0.355 e. The Bertz CT molecular complexity index is 888. The molecule has 0 aliphatic carbocycles. The summed E-state index contributed by atoms with van der Waals surface area (Å²) in [6, 6.07) is 9.96. The molecule has 1 heterocycles. The quantitative estimate of drug-likeness (QED) is 0.612. The van der Waals surface area contributed by atoms with Gasteiger partial charge in [0.05, 0.1) is 12.2 Å². The van der Waals surface area contributed by atoms with Crippen LogP contribution in [-0.2, 0) is 20.7 Å². The molecule has 0 aliphatic heterocycles. The van der Waals surface area contributed by atoms with E-state index in [4.69, 9.17) is 9.47 Å². The molecular weight excluding hydrogens is 384 g/mol. The van der Waals surface area contributed by atoms with Crippen LogP contribution in [0.2, 0.25) is 0 Å². The fourth-order valence-electron chi connectivity index (χ4n) is 3.20. The summed E-state index contributed by atoms with van der Waals surface area (Å²) >= 11 is 0. The molecule has 2 rings (SSSR count). The van der Waals surface area contributed by atoms with Gasteiger partial charge in [-0.3, -0.25) is 4.79 Å². The molecule has 162 valence electrons. The van der Waals surface area contributed by atoms with Crippen LogP contribution in [0.4, 0.5) is 0 Å². The summed E-state index contributed by atoms with van der Waals surface area (Å²) in [5, 5.41) is 2.87. The third-order valence-electron chi connectivity index (χ3n) is 4.87. The van der Waals surface area contributed by atoms with Crippen molar-refractivity contribution < 1.29 is 23.9 Å². The Morgan fingerprint density at radius 1 is 1.07 bits per heavy atom. The molecule has 2 N–H and O–H groups in total. The van der Waals surface area contributed by atoms with Gasteiger partial charge in [-0.05, 0) is 58.6 Å². The zero-order valence-corrected chi connectivity index (χ0v) is 18.2. The van der Waals surface area contributed by atoms with E-state index in [0.29, 0.717) is 16.8 Å². The number of carbonyl (C=O) groups excluding carboxylic acids is 3. The van der Waals surface area contributed by atoms with Crippen LogP contribution in [0.15, 0.2) is 30.3 Å². The summed E-state index contributed by atoms with van der Waals surface area (Å²) in [4.78, 5) is 39.9. The summed E-state index contributed by atoms with van der Waals surface area (Å²) in [6.07, 6.45) is 0.646. The Kier molecular flexibility index (Phi) is 8.21. The number of aromatic amines is 1. The molecule has 30 heavy (non-hydrogen) atoms. The molecule has 0 bridgehead atoms. The number of aromatic nitrogens is 1. The zero-order valence-electron chi connectivity index (χ0n) is 18.2. The number of carbonyl (C=O) groups is 3. The van der Waals surface area contributed by atoms with Crippen molar-refractivity contribution in [1.29, 1.82) is 0 Å². The van der Waals surface area contributed by atoms with E-state index in [1.165, 1.54) is 12.5 Å². The molecule has 2 aromatic rings. The fourth-order valence-corrected chi connectivity index (χ4v) is 3.20. The van der Waals surface area contributed by atoms with Crippen LogP contribution in [0.1, 0.15) is 64.9 Å². The van der Waals surface area contributed by atoms with Gasteiger partial charge in [0.25, 0.3) is 5.91 Å². The highest BCUT2D eigenvalue weighted by atomic mass is 16.5. The molecule has 1 aromatic carbocycles. The lowest BCUT2D eigenvalue weighted by Gasteiger charge is -2.18. The third-order valence-corrected chi connectivity index (χ3v) is 4.87. The predicted molar refractivity (Wildman–Crippen MR) is 113 cm³/mol. The van der Waals surface area contributed by atoms with Gasteiger partial charge >= 0.3 is 11.9 Å². The van der Waals surface area contributed by atoms with Crippen molar-refractivity contribution in [3.05, 3.63) is 58.4 Å². The molecule has 1 amide bonds. The number of nitrogens with one attached hydrogen (secondary N) is 2. The maximum atomic E-state index is 12.5. The lowest BCUT2D eigenvalue weighted by molar-refractivity contribution is -0.129. The second-order valence-electron chi connectivity index (χ2n) is 7.33. The standard InChI is InChI=1S/C23H30N2O5/c1-6-29-22(27)19-15(3)20(25-16(19)4)23(28)30-17(5)21(26)24-14(2)12-13-18-10-8-7-9-11-18/h7-11,14,17,25H,6,12-13H2,1-5H3,(H,24,26)/t14-,17+/m0/s1. The second kappa shape index (κ2) is 10.6. The van der Waals surface area contributed by atoms with E-state index >= 15 is 0 Å². The van der Waals surface area contributed by atoms with E-state index in [2.05, 4.69) is 10.3 Å². The summed E-state index contributed by atoms with van der Waals surface area (Å²) in [5.74, 6) is -1.55. The fraction of sp³-hybridized carbons (Fsp3) is 0.435. The van der Waals surface area contributed by atoms with Crippen LogP contribution < -0.4 is 5.32 Å². The monoisotopic (exact) mass is 414 g/mol. The van der Waals surface area contributed by atoms with Gasteiger partial charge in [-0.1, -0.05) is 30.3 Å². The highest BCUT2D eigenvalue weighted by Gasteiger charge is 2.26. The number of rotatable bonds is 9. The van der Waals surface area contributed by atoms with Crippen molar-refractivity contribution in [3.63, 3.8) is 0 Å². The van der Waals surface area contributed by atoms with Gasteiger partial charge in [0, 0.05) is 11.7 Å². The van der Waals surface area contributed by atoms with Crippen LogP contribution in [-0.4, -0.2) is 41.6 Å². The minimum atomic E-state index is -0.967. The number of amides is 1. The number of esters is 2. The number of hydrogen-bond acceptors (Lipinski definition) is 5. The molecule has 0 aliphatic rings. The molecule has 0 radical (unpaired) electrons. The summed E-state index contributed by atoms with van der Waals surface area (Å²) in [6.45, 7) is 8.71. The van der Waals surface area contributed by atoms with Gasteiger partial charge in [-0.15, -0.1) is 0 Å². The van der Waals surface area contributed by atoms with Crippen LogP contribution in [0.3, 0.4) is 0 Å². The van der Waals surface area contributed by atoms with Crippen molar-refractivity contribution in [3.8, 4) is 0 Å². The molecule has 1 aromatic heterocycles. The van der Waals surface area contributed by atoms with Crippen molar-refractivity contribution in [2.45, 2.75) is 59.6 Å². The Morgan fingerprint density at radius 3 is 2.37 bits per heavy atom. The predicted octanol–water partition coefficient (Wildman–Crippen LogP) is 3.49. The van der Waals surface area contributed by atoms with Gasteiger partial charge in [0.15, 0.2) is 6.10 Å². The highest BCUT2D eigenvalue weighted by molar-refractivity contribution is 5.99. The molecule has 0 saturated heterocycles. The zero-order chi connectivity index (χ0) is 22.3. The molecule has 0 unspecified atom stereocenters. The van der Waals surface area contributed by atoms with E-state index < -0.39 is 18.0 Å². The Balaban J connectivity index is 1.92. The molecule has 0 spiro atoms. The smallest absolute Gasteiger partial charge is 0.355 e. The number of aryl methyl sites for hydroxylation is 2. The SMILES string of the molecule is CCOC(=O)c1c(C)[nH]c(C(=O)O[C@H](C)C(=O)N[C@@H](C)CCc2ccccc2)c1C. The first kappa shape index (κ1) is 23.2. The first-order valence-electron chi connectivity index (χ1n) is 10.2. The van der Waals surface area contributed by atoms with Crippen molar-refractivity contribution in [1.82, 2.24) is 10.3 Å². The van der Waals surface area contributed by atoms with Crippen LogP contribution in [0.5, 0.6) is 0 Å². The lowest BCUT2D eigenvalue weighted by atomic mass is 10.1. The third kappa shape index (κ3) is 5.95. The van der Waals surface area contributed by atoms with E-state index in [0.717, 1.165) is 12.8 Å². The molecule has 2 atom stereocenters. The van der Waals surface area contributed by atoms with Gasteiger partial charge in [0.2, 0.25) is 0 Å². The largest absolute Gasteiger partial charge is 0.462 e. The van der Waals surface area contributed by atoms with Crippen LogP contribution in [0.25, 0.3) is 0 Å². The number of benzene rings is 1. The second-order valence-corrected chi connectivity index (χ2v) is 7.33. The first-order chi connectivity index (χ1) is 14.2. The summed E-state index contributed by atoms with van der Waals surface area (Å²) in [7, 11) is 0. The van der Waals surface area contributed by atoms with Gasteiger partial charge < -0.3 is 19.8 Å². The van der Waals surface area contributed by atoms with Crippen molar-refractivity contribution in [2.24, 2.45) is 0 Å². The Hall–Kier alpha value is -3.09. The molecular formula is C23H30N2O5. The van der Waals surface area contributed by atoms with E-state index in [-0.39, 0.29) is 24.2 Å². The van der Waals surface area contributed by atoms with E-state index in [1.54, 1.807) is 20.8 Å². The van der Waals surface area contributed by atoms with Gasteiger partial charge in [0.1, 0.15) is 5.69 Å². The number of H-pyrrole nitrogens is 1. The van der Waals surface area contributed by atoms with Crippen LogP contribution in [0, 0.1) is 13.8 Å². The summed E-state index contributed by atoms with van der Waals surface area (Å²) < 4.78 is 10.3. The molecule has 0 fully saturated rings. The van der Waals surface area contributed by atoms with Crippen molar-refractivity contribution >= 4 is 17.8 Å². The number of ether oxygens (including phenoxy) is 2. The van der Waals surface area contributed by atoms with E-state index in [9.17, 15) is 14.4 Å². The highest BCUT2D eigenvalue weighted by Crippen LogP contribution is 2.20.